The Morgan fingerprint density at radius 2 is 1.78 bits per heavy atom. The van der Waals surface area contributed by atoms with Gasteiger partial charge in [-0.15, -0.1) is 11.3 Å². The second-order valence-corrected chi connectivity index (χ2v) is 7.43. The number of benzene rings is 2. The summed E-state index contributed by atoms with van der Waals surface area (Å²) in [6.07, 6.45) is 0. The molecule has 0 atom stereocenters. The van der Waals surface area contributed by atoms with Gasteiger partial charge in [-0.1, -0.05) is 0 Å². The highest BCUT2D eigenvalue weighted by Gasteiger charge is 2.19. The van der Waals surface area contributed by atoms with Crippen molar-refractivity contribution < 1.29 is 28.7 Å². The summed E-state index contributed by atoms with van der Waals surface area (Å²) in [5, 5.41) is 13.8. The molecule has 2 aromatic carbocycles. The third kappa shape index (κ3) is 5.19. The van der Waals surface area contributed by atoms with Crippen molar-refractivity contribution in [3.63, 3.8) is 0 Å². The number of rotatable bonds is 8. The van der Waals surface area contributed by atoms with Crippen LogP contribution in [0.5, 0.6) is 11.5 Å². The van der Waals surface area contributed by atoms with Gasteiger partial charge in [0.2, 0.25) is 0 Å². The molecule has 3 aromatic rings. The van der Waals surface area contributed by atoms with Gasteiger partial charge in [0, 0.05) is 23.4 Å². The van der Waals surface area contributed by atoms with Crippen molar-refractivity contribution in [1.82, 2.24) is 4.98 Å². The summed E-state index contributed by atoms with van der Waals surface area (Å²) in [6, 6.07) is 10.6. The number of non-ortho nitro benzene ring substituents is 1. The number of thiazole rings is 1. The molecule has 32 heavy (non-hydrogen) atoms. The third-order valence-corrected chi connectivity index (χ3v) is 5.50. The summed E-state index contributed by atoms with van der Waals surface area (Å²) in [5.74, 6) is -0.145. The Hall–Kier alpha value is -3.99. The first-order valence-electron chi connectivity index (χ1n) is 9.23. The monoisotopic (exact) mass is 457 g/mol. The topological polar surface area (TPSA) is 130 Å². The van der Waals surface area contributed by atoms with E-state index in [-0.39, 0.29) is 10.6 Å². The summed E-state index contributed by atoms with van der Waals surface area (Å²) in [6.45, 7) is 1.16. The molecular formula is C21H19N3O7S. The fourth-order valence-corrected chi connectivity index (χ4v) is 3.70. The lowest BCUT2D eigenvalue weighted by Gasteiger charge is -2.08. The number of carbonyl (C=O) groups excluding carboxylic acids is 2. The van der Waals surface area contributed by atoms with Crippen LogP contribution in [0.4, 0.5) is 11.4 Å². The molecule has 11 heteroatoms. The number of nitro benzene ring substituents is 1. The van der Waals surface area contributed by atoms with Crippen LogP contribution in [0.2, 0.25) is 0 Å². The lowest BCUT2D eigenvalue weighted by atomic mass is 10.2. The predicted octanol–water partition coefficient (Wildman–Crippen LogP) is 3.84. The van der Waals surface area contributed by atoms with Crippen LogP contribution in [0.25, 0.3) is 10.6 Å². The van der Waals surface area contributed by atoms with E-state index in [9.17, 15) is 19.7 Å². The second-order valence-electron chi connectivity index (χ2n) is 6.43. The Kier molecular flexibility index (Phi) is 7.00. The van der Waals surface area contributed by atoms with E-state index in [1.54, 1.807) is 25.1 Å². The highest BCUT2D eigenvalue weighted by atomic mass is 32.1. The zero-order valence-electron chi connectivity index (χ0n) is 17.4. The summed E-state index contributed by atoms with van der Waals surface area (Å²) >= 11 is 1.14. The second kappa shape index (κ2) is 9.88. The van der Waals surface area contributed by atoms with Crippen molar-refractivity contribution in [2.24, 2.45) is 0 Å². The first-order valence-corrected chi connectivity index (χ1v) is 10.0. The molecule has 0 radical (unpaired) electrons. The van der Waals surface area contributed by atoms with Crippen molar-refractivity contribution in [2.75, 3.05) is 26.1 Å². The molecule has 1 heterocycles. The van der Waals surface area contributed by atoms with Crippen molar-refractivity contribution in [3.05, 3.63) is 63.1 Å². The van der Waals surface area contributed by atoms with Gasteiger partial charge >= 0.3 is 5.97 Å². The minimum atomic E-state index is -0.675. The van der Waals surface area contributed by atoms with Gasteiger partial charge in [0.05, 0.1) is 24.8 Å². The molecule has 1 aromatic heterocycles. The highest BCUT2D eigenvalue weighted by molar-refractivity contribution is 7.17. The Morgan fingerprint density at radius 3 is 2.41 bits per heavy atom. The number of methoxy groups -OCH3 is 2. The van der Waals surface area contributed by atoms with E-state index < -0.39 is 23.4 Å². The van der Waals surface area contributed by atoms with Gasteiger partial charge in [-0.2, -0.15) is 0 Å². The van der Waals surface area contributed by atoms with Crippen molar-refractivity contribution in [3.8, 4) is 22.1 Å². The lowest BCUT2D eigenvalue weighted by molar-refractivity contribution is -0.384. The van der Waals surface area contributed by atoms with Crippen LogP contribution in [0, 0.1) is 17.0 Å². The fourth-order valence-electron chi connectivity index (χ4n) is 2.74. The molecule has 0 fully saturated rings. The Bertz CT molecular complexity index is 1160. The van der Waals surface area contributed by atoms with Crippen LogP contribution in [0.1, 0.15) is 15.4 Å². The van der Waals surface area contributed by atoms with Gasteiger partial charge in [0.15, 0.2) is 18.1 Å². The van der Waals surface area contributed by atoms with Crippen LogP contribution in [0.3, 0.4) is 0 Å². The van der Waals surface area contributed by atoms with E-state index in [4.69, 9.17) is 14.2 Å². The maximum atomic E-state index is 12.5. The van der Waals surface area contributed by atoms with Crippen LogP contribution in [-0.4, -0.2) is 42.6 Å². The SMILES string of the molecule is COc1ccc(-c2nc(C)c(C(=O)OCC(=O)Nc3ccc([N+](=O)[O-])cc3)s2)cc1OC. The minimum Gasteiger partial charge on any atom is -0.493 e. The van der Waals surface area contributed by atoms with Crippen LogP contribution in [0.15, 0.2) is 42.5 Å². The molecule has 0 aliphatic rings. The molecule has 0 spiro atoms. The standard InChI is InChI=1S/C21H19N3O7S/c1-12-19(32-20(22-12)13-4-9-16(29-2)17(10-13)30-3)21(26)31-11-18(25)23-14-5-7-15(8-6-14)24(27)28/h4-10H,11H2,1-3H3,(H,23,25). The first kappa shape index (κ1) is 22.7. The van der Waals surface area contributed by atoms with Crippen LogP contribution in [-0.2, 0) is 9.53 Å². The molecule has 0 saturated heterocycles. The summed E-state index contributed by atoms with van der Waals surface area (Å²) in [4.78, 5) is 39.3. The molecule has 1 amide bonds. The predicted molar refractivity (Wildman–Crippen MR) is 117 cm³/mol. The summed E-state index contributed by atoms with van der Waals surface area (Å²) < 4.78 is 15.6. The van der Waals surface area contributed by atoms with Gasteiger partial charge in [-0.25, -0.2) is 9.78 Å². The fraction of sp³-hybridized carbons (Fsp3) is 0.190. The van der Waals surface area contributed by atoms with Crippen LogP contribution >= 0.6 is 11.3 Å². The maximum Gasteiger partial charge on any atom is 0.350 e. The quantitative estimate of drug-likeness (QED) is 0.307. The van der Waals surface area contributed by atoms with Gasteiger partial charge < -0.3 is 19.5 Å². The maximum absolute atomic E-state index is 12.5. The lowest BCUT2D eigenvalue weighted by Crippen LogP contribution is -2.20. The molecule has 0 saturated carbocycles. The number of ether oxygens (including phenoxy) is 3. The molecule has 1 N–H and O–H groups in total. The first-order chi connectivity index (χ1) is 15.3. The number of aromatic nitrogens is 1. The molecule has 0 aliphatic heterocycles. The number of nitro groups is 1. The largest absolute Gasteiger partial charge is 0.493 e. The number of amides is 1. The van der Waals surface area contributed by atoms with Gasteiger partial charge in [-0.05, 0) is 37.3 Å². The van der Waals surface area contributed by atoms with E-state index in [2.05, 4.69) is 10.3 Å². The summed E-state index contributed by atoms with van der Waals surface area (Å²) in [5.41, 5.74) is 1.47. The normalized spacial score (nSPS) is 10.3. The number of anilines is 1. The zero-order valence-corrected chi connectivity index (χ0v) is 18.2. The molecule has 0 bridgehead atoms. The number of nitrogens with zero attached hydrogens (tertiary/aromatic N) is 2. The van der Waals surface area contributed by atoms with E-state index in [0.717, 1.165) is 16.9 Å². The number of carbonyl (C=O) groups is 2. The van der Waals surface area contributed by atoms with Crippen molar-refractivity contribution in [1.29, 1.82) is 0 Å². The summed E-state index contributed by atoms with van der Waals surface area (Å²) in [7, 11) is 3.07. The highest BCUT2D eigenvalue weighted by Crippen LogP contribution is 2.35. The van der Waals surface area contributed by atoms with E-state index in [0.29, 0.717) is 27.9 Å². The number of esters is 1. The third-order valence-electron chi connectivity index (χ3n) is 4.31. The Morgan fingerprint density at radius 1 is 1.09 bits per heavy atom. The van der Waals surface area contributed by atoms with Gasteiger partial charge in [-0.3, -0.25) is 14.9 Å². The average molecular weight is 457 g/mol. The molecule has 3 rings (SSSR count). The number of hydrogen-bond donors (Lipinski definition) is 1. The number of hydrogen-bond acceptors (Lipinski definition) is 9. The average Bonchev–Trinajstić information content (AvgIpc) is 3.19. The minimum absolute atomic E-state index is 0.0969. The molecule has 0 aliphatic carbocycles. The van der Waals surface area contributed by atoms with Crippen molar-refractivity contribution >= 4 is 34.6 Å². The Labute approximate surface area is 186 Å². The molecule has 10 nitrogen and oxygen atoms in total. The smallest absolute Gasteiger partial charge is 0.350 e. The molecular weight excluding hydrogens is 438 g/mol. The Balaban J connectivity index is 1.64. The zero-order chi connectivity index (χ0) is 23.3. The van der Waals surface area contributed by atoms with E-state index in [1.165, 1.54) is 38.5 Å². The van der Waals surface area contributed by atoms with E-state index >= 15 is 0 Å². The van der Waals surface area contributed by atoms with Gasteiger partial charge in [0.25, 0.3) is 11.6 Å². The van der Waals surface area contributed by atoms with Crippen LogP contribution < -0.4 is 14.8 Å². The van der Waals surface area contributed by atoms with E-state index in [1.807, 2.05) is 0 Å². The number of nitrogens with one attached hydrogen (secondary N) is 1. The molecule has 0 unspecified atom stereocenters. The number of aryl methyl sites for hydroxylation is 1. The van der Waals surface area contributed by atoms with Crippen molar-refractivity contribution in [2.45, 2.75) is 6.92 Å². The molecule has 166 valence electrons. The van der Waals surface area contributed by atoms with Gasteiger partial charge in [0.1, 0.15) is 9.88 Å².